The van der Waals surface area contributed by atoms with E-state index in [9.17, 15) is 18.4 Å². The van der Waals surface area contributed by atoms with Crippen LogP contribution in [0.1, 0.15) is 33.9 Å². The minimum atomic E-state index is -0.969. The number of hydrogen-bond acceptors (Lipinski definition) is 4. The Bertz CT molecular complexity index is 969. The van der Waals surface area contributed by atoms with Crippen molar-refractivity contribution in [3.63, 3.8) is 0 Å². The molecule has 152 valence electrons. The van der Waals surface area contributed by atoms with Crippen molar-refractivity contribution in [2.45, 2.75) is 18.1 Å². The van der Waals surface area contributed by atoms with E-state index in [2.05, 4.69) is 27.9 Å². The maximum Gasteiger partial charge on any atom is 0.407 e. The smallest absolute Gasteiger partial charge is 0.407 e. The van der Waals surface area contributed by atoms with Gasteiger partial charge in [-0.05, 0) is 24.1 Å². The van der Waals surface area contributed by atoms with E-state index in [1.165, 1.54) is 12.1 Å². The number of ether oxygens (including phenoxy) is 2. The number of amides is 1. The van der Waals surface area contributed by atoms with Crippen molar-refractivity contribution in [3.05, 3.63) is 70.8 Å². The molecule has 0 bridgehead atoms. The molecule has 3 atom stereocenters. The third kappa shape index (κ3) is 3.87. The number of nitrogens with one attached hydrogen (secondary N) is 1. The third-order valence-electron chi connectivity index (χ3n) is 5.39. The number of ketones is 1. The van der Waals surface area contributed by atoms with Crippen LogP contribution in [0.4, 0.5) is 13.6 Å². The largest absolute Gasteiger partial charge is 0.447 e. The van der Waals surface area contributed by atoms with E-state index in [0.717, 1.165) is 11.6 Å². The molecule has 4 rings (SSSR count). The van der Waals surface area contributed by atoms with E-state index in [4.69, 9.17) is 9.47 Å². The number of hydrogen-bond donors (Lipinski definition) is 1. The quantitative estimate of drug-likeness (QED) is 0.368. The zero-order valence-electron chi connectivity index (χ0n) is 15.3. The molecule has 5 nitrogen and oxygen atoms in total. The molecule has 0 aromatic heterocycles. The van der Waals surface area contributed by atoms with Gasteiger partial charge in [-0.15, -0.1) is 0 Å². The van der Waals surface area contributed by atoms with Crippen molar-refractivity contribution in [3.8, 4) is 0 Å². The van der Waals surface area contributed by atoms with Gasteiger partial charge in [0.15, 0.2) is 5.78 Å². The first kappa shape index (κ1) is 20.2. The molecule has 8 heteroatoms. The first-order valence-electron chi connectivity index (χ1n) is 9.15. The predicted molar refractivity (Wildman–Crippen MR) is 109 cm³/mol. The summed E-state index contributed by atoms with van der Waals surface area (Å²) in [5, 5.41) is 2.69. The van der Waals surface area contributed by atoms with Gasteiger partial charge in [0.1, 0.15) is 23.8 Å². The normalized spacial score (nSPS) is 26.2. The summed E-state index contributed by atoms with van der Waals surface area (Å²) in [6.07, 6.45) is -0.172. The molecule has 0 radical (unpaired) electrons. The fourth-order valence-corrected chi connectivity index (χ4v) is 4.81. The van der Waals surface area contributed by atoms with E-state index < -0.39 is 29.2 Å². The molecular formula is C21H18F2INO4. The zero-order chi connectivity index (χ0) is 20.6. The van der Waals surface area contributed by atoms with E-state index in [0.29, 0.717) is 16.4 Å². The Morgan fingerprint density at radius 1 is 1.21 bits per heavy atom. The molecule has 2 heterocycles. The number of benzene rings is 2. The summed E-state index contributed by atoms with van der Waals surface area (Å²) in [5.41, 5.74) is 0.582. The lowest BCUT2D eigenvalue weighted by molar-refractivity contribution is 0.0196. The van der Waals surface area contributed by atoms with Crippen LogP contribution in [0.15, 0.2) is 42.5 Å². The van der Waals surface area contributed by atoms with Crippen molar-refractivity contribution in [2.75, 3.05) is 17.6 Å². The van der Waals surface area contributed by atoms with Crippen molar-refractivity contribution < 1.29 is 27.8 Å². The molecule has 2 aliphatic heterocycles. The van der Waals surface area contributed by atoms with Gasteiger partial charge in [-0.1, -0.05) is 46.9 Å². The Kier molecular flexibility index (Phi) is 5.56. The molecule has 2 saturated heterocycles. The van der Waals surface area contributed by atoms with Gasteiger partial charge in [0, 0.05) is 27.5 Å². The number of rotatable bonds is 5. The predicted octanol–water partition coefficient (Wildman–Crippen LogP) is 4.30. The van der Waals surface area contributed by atoms with Crippen LogP contribution in [0, 0.1) is 17.6 Å². The van der Waals surface area contributed by atoms with Gasteiger partial charge in [0.2, 0.25) is 0 Å². The summed E-state index contributed by atoms with van der Waals surface area (Å²) < 4.78 is 39.0. The highest BCUT2D eigenvalue weighted by molar-refractivity contribution is 14.1. The first-order chi connectivity index (χ1) is 13.9. The molecule has 29 heavy (non-hydrogen) atoms. The molecule has 0 aliphatic carbocycles. The van der Waals surface area contributed by atoms with Crippen molar-refractivity contribution >= 4 is 34.5 Å². The van der Waals surface area contributed by atoms with Crippen LogP contribution in [-0.2, 0) is 15.1 Å². The summed E-state index contributed by atoms with van der Waals surface area (Å²) in [7, 11) is 0. The van der Waals surface area contributed by atoms with Gasteiger partial charge >= 0.3 is 6.09 Å². The maximum atomic E-state index is 14.4. The SMILES string of the molecule is O=C1N[C@@H](c2cccc(C(=O)C3CO[C@@](CI)(c4ccc(F)cc4F)C3)c2)CO1. The number of carbonyl (C=O) groups is 2. The molecule has 2 aromatic rings. The molecule has 2 aliphatic rings. The monoisotopic (exact) mass is 513 g/mol. The number of cyclic esters (lactones) is 1. The Morgan fingerprint density at radius 3 is 2.72 bits per heavy atom. The zero-order valence-corrected chi connectivity index (χ0v) is 17.4. The average Bonchev–Trinajstić information content (AvgIpc) is 3.35. The molecule has 1 N–H and O–H groups in total. The fraction of sp³-hybridized carbons (Fsp3) is 0.333. The lowest BCUT2D eigenvalue weighted by Crippen LogP contribution is -2.29. The third-order valence-corrected chi connectivity index (χ3v) is 6.62. The second kappa shape index (κ2) is 7.98. The van der Waals surface area contributed by atoms with Gasteiger partial charge in [-0.3, -0.25) is 4.79 Å². The summed E-state index contributed by atoms with van der Waals surface area (Å²) >= 11 is 2.10. The molecule has 0 saturated carbocycles. The van der Waals surface area contributed by atoms with Crippen LogP contribution >= 0.6 is 22.6 Å². The van der Waals surface area contributed by atoms with Gasteiger partial charge < -0.3 is 14.8 Å². The Balaban J connectivity index is 1.55. The summed E-state index contributed by atoms with van der Waals surface area (Å²) in [6, 6.07) is 10.2. The molecule has 0 spiro atoms. The van der Waals surface area contributed by atoms with Crippen LogP contribution in [0.3, 0.4) is 0 Å². The van der Waals surface area contributed by atoms with Crippen LogP contribution < -0.4 is 5.32 Å². The Labute approximate surface area is 179 Å². The summed E-state index contributed by atoms with van der Waals surface area (Å²) in [4.78, 5) is 24.4. The van der Waals surface area contributed by atoms with E-state index >= 15 is 0 Å². The molecular weight excluding hydrogens is 495 g/mol. The van der Waals surface area contributed by atoms with Crippen LogP contribution in [0.5, 0.6) is 0 Å². The Morgan fingerprint density at radius 2 is 2.03 bits per heavy atom. The topological polar surface area (TPSA) is 64.6 Å². The average molecular weight is 513 g/mol. The maximum absolute atomic E-state index is 14.4. The highest BCUT2D eigenvalue weighted by Crippen LogP contribution is 2.43. The summed E-state index contributed by atoms with van der Waals surface area (Å²) in [6.45, 7) is 0.372. The highest BCUT2D eigenvalue weighted by atomic mass is 127. The van der Waals surface area contributed by atoms with Gasteiger partial charge in [-0.2, -0.15) is 0 Å². The molecule has 1 unspecified atom stereocenters. The van der Waals surface area contributed by atoms with E-state index in [-0.39, 0.29) is 30.6 Å². The number of Topliss-reactive ketones (excluding diaryl/α,β-unsaturated/α-hetero) is 1. The lowest BCUT2D eigenvalue weighted by Gasteiger charge is -2.27. The second-order valence-corrected chi connectivity index (χ2v) is 8.01. The fourth-order valence-electron chi connectivity index (χ4n) is 3.86. The number of halogens is 3. The van der Waals surface area contributed by atoms with Crippen LogP contribution in [-0.4, -0.2) is 29.5 Å². The van der Waals surface area contributed by atoms with Crippen LogP contribution in [0.2, 0.25) is 0 Å². The minimum Gasteiger partial charge on any atom is -0.447 e. The molecule has 2 fully saturated rings. The van der Waals surface area contributed by atoms with Gasteiger partial charge in [0.05, 0.1) is 12.6 Å². The van der Waals surface area contributed by atoms with Crippen LogP contribution in [0.25, 0.3) is 0 Å². The lowest BCUT2D eigenvalue weighted by atomic mass is 9.85. The molecule has 2 aromatic carbocycles. The second-order valence-electron chi connectivity index (χ2n) is 7.25. The van der Waals surface area contributed by atoms with E-state index in [1.54, 1.807) is 18.2 Å². The van der Waals surface area contributed by atoms with Crippen molar-refractivity contribution in [1.82, 2.24) is 5.32 Å². The van der Waals surface area contributed by atoms with E-state index in [1.807, 2.05) is 6.07 Å². The Hall–Kier alpha value is -2.07. The first-order valence-corrected chi connectivity index (χ1v) is 10.7. The molecule has 1 amide bonds. The standard InChI is InChI=1S/C21H18F2INO4/c22-15-4-5-16(17(23)7-15)21(11-24)8-14(9-29-21)19(26)13-3-1-2-12(6-13)18-10-28-20(27)25-18/h1-7,14,18H,8-11H2,(H,25,27)/t14?,18-,21+/m1/s1. The van der Waals surface area contributed by atoms with Gasteiger partial charge in [-0.25, -0.2) is 13.6 Å². The minimum absolute atomic E-state index is 0.105. The number of alkyl carbamates (subject to hydrolysis) is 1. The number of alkyl halides is 1. The number of carbonyl (C=O) groups excluding carboxylic acids is 2. The van der Waals surface area contributed by atoms with Crippen molar-refractivity contribution in [2.24, 2.45) is 5.92 Å². The summed E-state index contributed by atoms with van der Waals surface area (Å²) in [5.74, 6) is -1.88. The highest BCUT2D eigenvalue weighted by Gasteiger charge is 2.45. The van der Waals surface area contributed by atoms with Crippen molar-refractivity contribution in [1.29, 1.82) is 0 Å². The van der Waals surface area contributed by atoms with Gasteiger partial charge in [0.25, 0.3) is 0 Å².